The average Bonchev–Trinajstić information content (AvgIpc) is 3.18. The fourth-order valence-corrected chi connectivity index (χ4v) is 4.08. The molecule has 0 fully saturated rings. The van der Waals surface area contributed by atoms with Crippen LogP contribution in [0, 0.1) is 5.82 Å². The molecule has 1 aromatic heterocycles. The van der Waals surface area contributed by atoms with E-state index in [0.717, 1.165) is 16.9 Å². The molecule has 0 atom stereocenters. The molecule has 29 heavy (non-hydrogen) atoms. The van der Waals surface area contributed by atoms with Crippen molar-refractivity contribution in [2.45, 2.75) is 12.3 Å². The van der Waals surface area contributed by atoms with Gasteiger partial charge in [0.1, 0.15) is 10.8 Å². The summed E-state index contributed by atoms with van der Waals surface area (Å²) in [6.07, 6.45) is 0. The first-order valence-electron chi connectivity index (χ1n) is 8.48. The lowest BCUT2D eigenvalue weighted by Gasteiger charge is -2.06. The van der Waals surface area contributed by atoms with Crippen LogP contribution in [0.4, 0.5) is 10.1 Å². The van der Waals surface area contributed by atoms with Crippen LogP contribution in [0.15, 0.2) is 48.5 Å². The molecular weight excluding hydrogens is 435 g/mol. The highest BCUT2D eigenvalue weighted by atomic mass is 35.5. The number of halogens is 2. The maximum Gasteiger partial charge on any atom is 0.286 e. The highest BCUT2D eigenvalue weighted by Gasteiger charge is 2.14. The normalized spacial score (nSPS) is 10.6. The van der Waals surface area contributed by atoms with E-state index < -0.39 is 5.91 Å². The lowest BCUT2D eigenvalue weighted by molar-refractivity contribution is -0.118. The van der Waals surface area contributed by atoms with E-state index in [2.05, 4.69) is 20.8 Å². The molecule has 2 aromatic carbocycles. The Morgan fingerprint density at radius 1 is 1.10 bits per heavy atom. The van der Waals surface area contributed by atoms with Crippen LogP contribution in [0.2, 0.25) is 5.02 Å². The summed E-state index contributed by atoms with van der Waals surface area (Å²) in [5.41, 5.74) is 1.33. The smallest absolute Gasteiger partial charge is 0.286 e. The van der Waals surface area contributed by atoms with Gasteiger partial charge < -0.3 is 10.6 Å². The molecule has 2 amide bonds. The van der Waals surface area contributed by atoms with Crippen LogP contribution in [0.1, 0.15) is 20.4 Å². The zero-order valence-corrected chi connectivity index (χ0v) is 17.4. The molecule has 0 aliphatic rings. The van der Waals surface area contributed by atoms with E-state index in [4.69, 9.17) is 11.6 Å². The fourth-order valence-electron chi connectivity index (χ4n) is 2.24. The highest BCUT2D eigenvalue weighted by Crippen LogP contribution is 2.19. The molecule has 3 aromatic rings. The van der Waals surface area contributed by atoms with Crippen LogP contribution in [0.25, 0.3) is 0 Å². The van der Waals surface area contributed by atoms with Gasteiger partial charge in [-0.25, -0.2) is 4.39 Å². The molecule has 6 nitrogen and oxygen atoms in total. The monoisotopic (exact) mass is 450 g/mol. The van der Waals surface area contributed by atoms with Gasteiger partial charge in [-0.05, 0) is 35.9 Å². The third kappa shape index (κ3) is 6.52. The summed E-state index contributed by atoms with van der Waals surface area (Å²) >= 11 is 8.58. The van der Waals surface area contributed by atoms with Crippen molar-refractivity contribution in [2.24, 2.45) is 0 Å². The number of aromatic nitrogens is 2. The van der Waals surface area contributed by atoms with E-state index >= 15 is 0 Å². The predicted octanol–water partition coefficient (Wildman–Crippen LogP) is 4.13. The van der Waals surface area contributed by atoms with E-state index in [1.165, 1.54) is 36.0 Å². The molecule has 2 N–H and O–H groups in total. The Hall–Kier alpha value is -2.49. The topological polar surface area (TPSA) is 84.0 Å². The summed E-state index contributed by atoms with van der Waals surface area (Å²) in [7, 11) is 0. The number of hydrogen-bond donors (Lipinski definition) is 2. The van der Waals surface area contributed by atoms with Gasteiger partial charge in [0.2, 0.25) is 10.9 Å². The Balaban J connectivity index is 1.41. The molecule has 0 aliphatic heterocycles. The van der Waals surface area contributed by atoms with Crippen molar-refractivity contribution in [1.29, 1.82) is 0 Å². The van der Waals surface area contributed by atoms with Crippen molar-refractivity contribution < 1.29 is 14.0 Å². The zero-order valence-electron chi connectivity index (χ0n) is 15.0. The van der Waals surface area contributed by atoms with Crippen LogP contribution < -0.4 is 10.6 Å². The highest BCUT2D eigenvalue weighted by molar-refractivity contribution is 7.99. The van der Waals surface area contributed by atoms with Crippen LogP contribution in [-0.4, -0.2) is 27.8 Å². The quantitative estimate of drug-likeness (QED) is 0.539. The second kappa shape index (κ2) is 10.3. The molecule has 10 heteroatoms. The maximum atomic E-state index is 12.9. The van der Waals surface area contributed by atoms with Gasteiger partial charge in [0.05, 0.1) is 5.75 Å². The van der Waals surface area contributed by atoms with Crippen molar-refractivity contribution in [3.05, 3.63) is 74.9 Å². The number of amides is 2. The molecule has 0 saturated heterocycles. The molecule has 0 spiro atoms. The third-order valence-corrected chi connectivity index (χ3v) is 6.07. The van der Waals surface area contributed by atoms with Gasteiger partial charge in [-0.15, -0.1) is 22.0 Å². The summed E-state index contributed by atoms with van der Waals surface area (Å²) in [6, 6.07) is 12.8. The molecule has 0 unspecified atom stereocenters. The van der Waals surface area contributed by atoms with Gasteiger partial charge in [0.25, 0.3) is 5.91 Å². The van der Waals surface area contributed by atoms with Gasteiger partial charge in [-0.3, -0.25) is 9.59 Å². The minimum absolute atomic E-state index is 0.117. The first-order valence-corrected chi connectivity index (χ1v) is 10.8. The van der Waals surface area contributed by atoms with Crippen LogP contribution in [-0.2, 0) is 17.1 Å². The van der Waals surface area contributed by atoms with Gasteiger partial charge in [0.15, 0.2) is 0 Å². The number of hydrogen-bond acceptors (Lipinski definition) is 6. The Bertz CT molecular complexity index is 998. The first kappa shape index (κ1) is 21.2. The van der Waals surface area contributed by atoms with Crippen molar-refractivity contribution in [2.75, 3.05) is 11.1 Å². The Labute approximate surface area is 179 Å². The molecular formula is C19H16ClFN4O2S2. The Kier molecular flexibility index (Phi) is 7.56. The first-order chi connectivity index (χ1) is 14.0. The van der Waals surface area contributed by atoms with Gasteiger partial charge >= 0.3 is 0 Å². The lowest BCUT2D eigenvalue weighted by Crippen LogP contribution is -2.24. The number of rotatable bonds is 8. The third-order valence-electron chi connectivity index (χ3n) is 3.66. The number of benzene rings is 2. The minimum Gasteiger partial charge on any atom is -0.351 e. The number of carbonyl (C=O) groups is 2. The summed E-state index contributed by atoms with van der Waals surface area (Å²) < 4.78 is 12.9. The SMILES string of the molecule is O=C(CSCc1nnc(C(=O)Nc2ccc(F)cc2)s1)NCc1ccccc1Cl. The summed E-state index contributed by atoms with van der Waals surface area (Å²) in [6.45, 7) is 0.367. The molecule has 3 rings (SSSR count). The second-order valence-electron chi connectivity index (χ2n) is 5.82. The van der Waals surface area contributed by atoms with Crippen molar-refractivity contribution in [3.8, 4) is 0 Å². The van der Waals surface area contributed by atoms with Gasteiger partial charge in [-0.2, -0.15) is 0 Å². The van der Waals surface area contributed by atoms with Crippen molar-refractivity contribution >= 4 is 52.2 Å². The molecule has 0 aliphatic carbocycles. The van der Waals surface area contributed by atoms with Gasteiger partial charge in [0, 0.05) is 23.0 Å². The molecule has 0 saturated carbocycles. The standard InChI is InChI=1S/C19H16ClFN4O2S2/c20-15-4-2-1-3-12(15)9-22-16(26)10-28-11-17-24-25-19(29-17)18(27)23-14-7-5-13(21)6-8-14/h1-8H,9-11H2,(H,22,26)(H,23,27). The minimum atomic E-state index is -0.414. The van der Waals surface area contributed by atoms with Crippen molar-refractivity contribution in [1.82, 2.24) is 15.5 Å². The summed E-state index contributed by atoms with van der Waals surface area (Å²) in [5, 5.41) is 14.7. The Morgan fingerprint density at radius 2 is 1.86 bits per heavy atom. The molecule has 1 heterocycles. The summed E-state index contributed by atoms with van der Waals surface area (Å²) in [5.74, 6) is -0.201. The van der Waals surface area contributed by atoms with Crippen LogP contribution in [0.5, 0.6) is 0 Å². The van der Waals surface area contributed by atoms with E-state index in [9.17, 15) is 14.0 Å². The van der Waals surface area contributed by atoms with E-state index in [-0.39, 0.29) is 22.5 Å². The lowest BCUT2D eigenvalue weighted by atomic mass is 10.2. The number of nitrogens with one attached hydrogen (secondary N) is 2. The van der Waals surface area contributed by atoms with E-state index in [1.54, 1.807) is 6.07 Å². The fraction of sp³-hybridized carbons (Fsp3) is 0.158. The number of anilines is 1. The average molecular weight is 451 g/mol. The van der Waals surface area contributed by atoms with Crippen LogP contribution >= 0.6 is 34.7 Å². The maximum absolute atomic E-state index is 12.9. The second-order valence-corrected chi connectivity index (χ2v) is 8.28. The molecule has 0 bridgehead atoms. The zero-order chi connectivity index (χ0) is 20.6. The molecule has 150 valence electrons. The van der Waals surface area contributed by atoms with Crippen molar-refractivity contribution in [3.63, 3.8) is 0 Å². The summed E-state index contributed by atoms with van der Waals surface area (Å²) in [4.78, 5) is 24.1. The Morgan fingerprint density at radius 3 is 2.62 bits per heavy atom. The molecule has 0 radical (unpaired) electrons. The van der Waals surface area contributed by atoms with E-state index in [0.29, 0.717) is 28.0 Å². The number of nitrogens with zero attached hydrogens (tertiary/aromatic N) is 2. The van der Waals surface area contributed by atoms with E-state index in [1.807, 2.05) is 18.2 Å². The predicted molar refractivity (Wildman–Crippen MR) is 114 cm³/mol. The number of thioether (sulfide) groups is 1. The van der Waals surface area contributed by atoms with Crippen LogP contribution in [0.3, 0.4) is 0 Å². The van der Waals surface area contributed by atoms with Gasteiger partial charge in [-0.1, -0.05) is 41.1 Å². The largest absolute Gasteiger partial charge is 0.351 e. The number of carbonyl (C=O) groups excluding carboxylic acids is 2.